The highest BCUT2D eigenvalue weighted by Crippen LogP contribution is 2.09. The largest absolute Gasteiger partial charge is 0.352 e. The highest BCUT2D eigenvalue weighted by Gasteiger charge is 2.05. The molecule has 2 aromatic rings. The van der Waals surface area contributed by atoms with E-state index in [1.807, 2.05) is 31.2 Å². The molecule has 0 radical (unpaired) electrons. The molecule has 0 bridgehead atoms. The number of rotatable bonds is 7. The zero-order valence-corrected chi connectivity index (χ0v) is 15.8. The topological polar surface area (TPSA) is 65.5 Å². The number of carbonyl (C=O) groups excluding carboxylic acids is 1. The quantitative estimate of drug-likeness (QED) is 0.530. The lowest BCUT2D eigenvalue weighted by atomic mass is 10.1. The Morgan fingerprint density at radius 2 is 1.54 bits per heavy atom. The average Bonchev–Trinajstić information content (AvgIpc) is 2.69. The third-order valence-electron chi connectivity index (χ3n) is 4.18. The summed E-state index contributed by atoms with van der Waals surface area (Å²) in [4.78, 5) is 16.1. The molecule has 138 valence electrons. The molecule has 26 heavy (non-hydrogen) atoms. The molecule has 0 spiro atoms. The first kappa shape index (κ1) is 19.5. The number of aryl methyl sites for hydroxylation is 1. The normalized spacial score (nSPS) is 11.1. The van der Waals surface area contributed by atoms with Crippen LogP contribution in [0.3, 0.4) is 0 Å². The standard InChI is InChI=1S/C21H28N4O/c1-4-17-8-6-7-9-19(17)15-25-21(22-3)24-14-16-10-12-18(13-11-16)20(26)23-5-2/h6-13H,4-5,14-15H2,1-3H3,(H,23,26)(H2,22,24,25). The molecule has 0 aliphatic rings. The van der Waals surface area contributed by atoms with Crippen LogP contribution in [-0.4, -0.2) is 25.5 Å². The molecule has 1 amide bonds. The molecule has 0 aromatic heterocycles. The van der Waals surface area contributed by atoms with Gasteiger partial charge in [0.15, 0.2) is 5.96 Å². The lowest BCUT2D eigenvalue weighted by Crippen LogP contribution is -2.36. The van der Waals surface area contributed by atoms with Crippen LogP contribution in [0.25, 0.3) is 0 Å². The highest BCUT2D eigenvalue weighted by atomic mass is 16.1. The van der Waals surface area contributed by atoms with Crippen LogP contribution >= 0.6 is 0 Å². The van der Waals surface area contributed by atoms with Gasteiger partial charge in [0, 0.05) is 32.2 Å². The van der Waals surface area contributed by atoms with Gasteiger partial charge in [0.05, 0.1) is 0 Å². The van der Waals surface area contributed by atoms with Crippen molar-refractivity contribution < 1.29 is 4.79 Å². The molecule has 2 aromatic carbocycles. The summed E-state index contributed by atoms with van der Waals surface area (Å²) in [6.45, 7) is 6.08. The zero-order valence-electron chi connectivity index (χ0n) is 15.8. The molecule has 0 atom stereocenters. The molecule has 0 aliphatic heterocycles. The van der Waals surface area contributed by atoms with Crippen molar-refractivity contribution in [1.29, 1.82) is 0 Å². The van der Waals surface area contributed by atoms with Gasteiger partial charge in [-0.25, -0.2) is 0 Å². The van der Waals surface area contributed by atoms with E-state index in [0.717, 1.165) is 24.5 Å². The van der Waals surface area contributed by atoms with Crippen molar-refractivity contribution in [3.63, 3.8) is 0 Å². The van der Waals surface area contributed by atoms with Crippen molar-refractivity contribution in [2.24, 2.45) is 4.99 Å². The number of nitrogens with zero attached hydrogens (tertiary/aromatic N) is 1. The maximum atomic E-state index is 11.8. The van der Waals surface area contributed by atoms with E-state index in [2.05, 4.69) is 52.1 Å². The molecule has 0 fully saturated rings. The van der Waals surface area contributed by atoms with E-state index < -0.39 is 0 Å². The Morgan fingerprint density at radius 3 is 2.15 bits per heavy atom. The van der Waals surface area contributed by atoms with Crippen LogP contribution in [0, 0.1) is 0 Å². The van der Waals surface area contributed by atoms with Crippen LogP contribution in [0.15, 0.2) is 53.5 Å². The zero-order chi connectivity index (χ0) is 18.8. The minimum atomic E-state index is -0.0425. The van der Waals surface area contributed by atoms with Crippen molar-refractivity contribution in [2.45, 2.75) is 33.4 Å². The van der Waals surface area contributed by atoms with Crippen LogP contribution < -0.4 is 16.0 Å². The summed E-state index contributed by atoms with van der Waals surface area (Å²) in [6, 6.07) is 16.0. The van der Waals surface area contributed by atoms with E-state index in [1.165, 1.54) is 11.1 Å². The minimum absolute atomic E-state index is 0.0425. The summed E-state index contributed by atoms with van der Waals surface area (Å²) in [7, 11) is 1.76. The number of guanidine groups is 1. The summed E-state index contributed by atoms with van der Waals surface area (Å²) in [5.41, 5.74) is 4.39. The van der Waals surface area contributed by atoms with Crippen LogP contribution in [-0.2, 0) is 19.5 Å². The summed E-state index contributed by atoms with van der Waals surface area (Å²) in [5, 5.41) is 9.46. The van der Waals surface area contributed by atoms with Gasteiger partial charge < -0.3 is 16.0 Å². The number of aliphatic imine (C=N–C) groups is 1. The second-order valence-corrected chi connectivity index (χ2v) is 5.96. The Morgan fingerprint density at radius 1 is 0.885 bits per heavy atom. The first-order valence-electron chi connectivity index (χ1n) is 9.06. The smallest absolute Gasteiger partial charge is 0.251 e. The number of amides is 1. The Bertz CT molecular complexity index is 738. The van der Waals surface area contributed by atoms with Gasteiger partial charge in [-0.15, -0.1) is 0 Å². The van der Waals surface area contributed by atoms with Gasteiger partial charge in [-0.3, -0.25) is 9.79 Å². The molecule has 0 aliphatic carbocycles. The van der Waals surface area contributed by atoms with Crippen molar-refractivity contribution in [1.82, 2.24) is 16.0 Å². The summed E-state index contributed by atoms with van der Waals surface area (Å²) in [5.74, 6) is 0.711. The molecular weight excluding hydrogens is 324 g/mol. The third kappa shape index (κ3) is 5.62. The monoisotopic (exact) mass is 352 g/mol. The first-order chi connectivity index (χ1) is 12.7. The van der Waals surface area contributed by atoms with Crippen molar-refractivity contribution in [2.75, 3.05) is 13.6 Å². The summed E-state index contributed by atoms with van der Waals surface area (Å²) in [6.07, 6.45) is 1.02. The van der Waals surface area contributed by atoms with Crippen LogP contribution in [0.4, 0.5) is 0 Å². The summed E-state index contributed by atoms with van der Waals surface area (Å²) < 4.78 is 0. The van der Waals surface area contributed by atoms with E-state index >= 15 is 0 Å². The lowest BCUT2D eigenvalue weighted by molar-refractivity contribution is 0.0956. The highest BCUT2D eigenvalue weighted by molar-refractivity contribution is 5.94. The van der Waals surface area contributed by atoms with Crippen molar-refractivity contribution in [3.05, 3.63) is 70.8 Å². The van der Waals surface area contributed by atoms with E-state index in [9.17, 15) is 4.79 Å². The SMILES string of the molecule is CCNC(=O)c1ccc(CNC(=NC)NCc2ccccc2CC)cc1. The number of carbonyl (C=O) groups is 1. The van der Waals surface area contributed by atoms with Gasteiger partial charge >= 0.3 is 0 Å². The third-order valence-corrected chi connectivity index (χ3v) is 4.18. The van der Waals surface area contributed by atoms with Gasteiger partial charge in [-0.2, -0.15) is 0 Å². The Labute approximate surface area is 155 Å². The van der Waals surface area contributed by atoms with Crippen LogP contribution in [0.1, 0.15) is 40.9 Å². The van der Waals surface area contributed by atoms with E-state index in [4.69, 9.17) is 0 Å². The number of nitrogens with one attached hydrogen (secondary N) is 3. The number of hydrogen-bond acceptors (Lipinski definition) is 2. The minimum Gasteiger partial charge on any atom is -0.352 e. The van der Waals surface area contributed by atoms with Gasteiger partial charge in [0.1, 0.15) is 0 Å². The van der Waals surface area contributed by atoms with Gasteiger partial charge in [0.25, 0.3) is 5.91 Å². The fourth-order valence-corrected chi connectivity index (χ4v) is 2.70. The van der Waals surface area contributed by atoms with Crippen molar-refractivity contribution in [3.8, 4) is 0 Å². The van der Waals surface area contributed by atoms with Gasteiger partial charge in [-0.1, -0.05) is 43.3 Å². The fraction of sp³-hybridized carbons (Fsp3) is 0.333. The Balaban J connectivity index is 1.88. The molecule has 5 nitrogen and oxygen atoms in total. The second kappa shape index (κ2) is 10.2. The first-order valence-corrected chi connectivity index (χ1v) is 9.06. The van der Waals surface area contributed by atoms with E-state index in [0.29, 0.717) is 18.7 Å². The maximum Gasteiger partial charge on any atom is 0.251 e. The maximum absolute atomic E-state index is 11.8. The Kier molecular flexibility index (Phi) is 7.68. The van der Waals surface area contributed by atoms with Gasteiger partial charge in [0.2, 0.25) is 0 Å². The van der Waals surface area contributed by atoms with E-state index in [-0.39, 0.29) is 5.91 Å². The molecule has 0 unspecified atom stereocenters. The number of hydrogen-bond donors (Lipinski definition) is 3. The van der Waals surface area contributed by atoms with E-state index in [1.54, 1.807) is 7.05 Å². The lowest BCUT2D eigenvalue weighted by Gasteiger charge is -2.14. The molecule has 0 saturated carbocycles. The van der Waals surface area contributed by atoms with Crippen LogP contribution in [0.5, 0.6) is 0 Å². The van der Waals surface area contributed by atoms with Crippen LogP contribution in [0.2, 0.25) is 0 Å². The second-order valence-electron chi connectivity index (χ2n) is 5.96. The van der Waals surface area contributed by atoms with Crippen molar-refractivity contribution >= 4 is 11.9 Å². The molecular formula is C21H28N4O. The molecule has 5 heteroatoms. The average molecular weight is 352 g/mol. The predicted octanol–water partition coefficient (Wildman–Crippen LogP) is 2.86. The summed E-state index contributed by atoms with van der Waals surface area (Å²) >= 11 is 0. The molecule has 0 heterocycles. The molecule has 3 N–H and O–H groups in total. The molecule has 0 saturated heterocycles. The molecule has 2 rings (SSSR count). The van der Waals surface area contributed by atoms with Gasteiger partial charge in [-0.05, 0) is 42.2 Å². The number of benzene rings is 2. The predicted molar refractivity (Wildman–Crippen MR) is 107 cm³/mol. The Hall–Kier alpha value is -2.82. The fourth-order valence-electron chi connectivity index (χ4n) is 2.70.